The highest BCUT2D eigenvalue weighted by molar-refractivity contribution is 5.84. The molecule has 49 heavy (non-hydrogen) atoms. The van der Waals surface area contributed by atoms with E-state index in [-0.39, 0.29) is 47.0 Å². The lowest BCUT2D eigenvalue weighted by Gasteiger charge is -2.26. The highest BCUT2D eigenvalue weighted by Crippen LogP contribution is 2.33. The van der Waals surface area contributed by atoms with Crippen LogP contribution in [-0.4, -0.2) is 30.9 Å². The van der Waals surface area contributed by atoms with Crippen molar-refractivity contribution in [3.8, 4) is 11.4 Å². The number of aromatic nitrogens is 1. The molecule has 0 saturated heterocycles. The van der Waals surface area contributed by atoms with Crippen LogP contribution in [0.3, 0.4) is 0 Å². The number of ether oxygens (including phenoxy) is 2. The van der Waals surface area contributed by atoms with Crippen molar-refractivity contribution in [3.63, 3.8) is 0 Å². The minimum Gasteiger partial charge on any atom is -0.493 e. The average molecular weight is 676 g/mol. The number of nitrogens with zero attached hydrogens (tertiary/aromatic N) is 1. The molecule has 10 heteroatoms. The molecule has 2 N–H and O–H groups in total. The van der Waals surface area contributed by atoms with Gasteiger partial charge >= 0.3 is 0 Å². The molecule has 1 aliphatic carbocycles. The van der Waals surface area contributed by atoms with Crippen molar-refractivity contribution in [2.45, 2.75) is 57.6 Å². The van der Waals surface area contributed by atoms with Gasteiger partial charge in [-0.15, -0.1) is 0 Å². The monoisotopic (exact) mass is 675 g/mol. The maximum Gasteiger partial charge on any atom is 0.256 e. The number of hydrogen-bond donors (Lipinski definition) is 2. The summed E-state index contributed by atoms with van der Waals surface area (Å²) in [6.45, 7) is 6.69. The lowest BCUT2D eigenvalue weighted by molar-refractivity contribution is 0.103. The molecule has 1 saturated carbocycles. The average Bonchev–Trinajstić information content (AvgIpc) is 3.60. The molecule has 5 rings (SSSR count). The lowest BCUT2D eigenvalue weighted by atomic mass is 9.99. The number of rotatable bonds is 15. The molecule has 258 valence electrons. The van der Waals surface area contributed by atoms with Gasteiger partial charge in [0.25, 0.3) is 5.56 Å². The molecule has 3 aromatic carbocycles. The van der Waals surface area contributed by atoms with E-state index < -0.39 is 34.5 Å². The highest BCUT2D eigenvalue weighted by atomic mass is 19.1. The van der Waals surface area contributed by atoms with Crippen molar-refractivity contribution in [3.05, 3.63) is 142 Å². The van der Waals surface area contributed by atoms with Crippen LogP contribution in [0.25, 0.3) is 11.3 Å². The summed E-state index contributed by atoms with van der Waals surface area (Å²) < 4.78 is 72.3. The predicted molar refractivity (Wildman–Crippen MR) is 185 cm³/mol. The minimum absolute atomic E-state index is 0.0276. The maximum atomic E-state index is 15.6. The van der Waals surface area contributed by atoms with Gasteiger partial charge in [-0.3, -0.25) is 9.36 Å². The second kappa shape index (κ2) is 16.5. The minimum atomic E-state index is -1.04. The first-order chi connectivity index (χ1) is 23.7. The summed E-state index contributed by atoms with van der Waals surface area (Å²) >= 11 is 0. The molecule has 4 aromatic rings. The Morgan fingerprint density at radius 3 is 2.31 bits per heavy atom. The first-order valence-electron chi connectivity index (χ1n) is 16.6. The summed E-state index contributed by atoms with van der Waals surface area (Å²) in [6.07, 6.45) is 8.11. The molecule has 1 atom stereocenters. The quantitative estimate of drug-likeness (QED) is 0.0749. The number of nitrogens with one attached hydrogen (secondary N) is 2. The molecule has 0 spiro atoms. The molecule has 1 fully saturated rings. The molecule has 0 bridgehead atoms. The molecule has 1 aliphatic rings. The zero-order valence-electron chi connectivity index (χ0n) is 27.7. The van der Waals surface area contributed by atoms with E-state index in [1.165, 1.54) is 32.0 Å². The first kappa shape index (κ1) is 35.5. The van der Waals surface area contributed by atoms with Gasteiger partial charge < -0.3 is 20.1 Å². The highest BCUT2D eigenvalue weighted by Gasteiger charge is 2.24. The maximum absolute atomic E-state index is 15.6. The van der Waals surface area contributed by atoms with Crippen LogP contribution in [0, 0.1) is 23.3 Å². The number of allylic oxidation sites excluding steroid dienone is 1. The Kier molecular flexibility index (Phi) is 12.0. The van der Waals surface area contributed by atoms with Gasteiger partial charge in [-0.1, -0.05) is 43.8 Å². The summed E-state index contributed by atoms with van der Waals surface area (Å²) in [5.74, 6) is -2.88. The molecule has 1 aromatic heterocycles. The van der Waals surface area contributed by atoms with Gasteiger partial charge in [0.2, 0.25) is 0 Å². The van der Waals surface area contributed by atoms with Crippen LogP contribution in [0.4, 0.5) is 23.4 Å². The molecule has 0 radical (unpaired) electrons. The van der Waals surface area contributed by atoms with Crippen molar-refractivity contribution < 1.29 is 27.0 Å². The van der Waals surface area contributed by atoms with E-state index in [0.717, 1.165) is 59.4 Å². The third-order valence-corrected chi connectivity index (χ3v) is 8.49. The lowest BCUT2D eigenvalue weighted by Crippen LogP contribution is -2.28. The van der Waals surface area contributed by atoms with E-state index in [1.807, 2.05) is 18.2 Å². The smallest absolute Gasteiger partial charge is 0.256 e. The van der Waals surface area contributed by atoms with E-state index in [2.05, 4.69) is 42.3 Å². The number of anilines is 1. The van der Waals surface area contributed by atoms with Crippen LogP contribution in [0.1, 0.15) is 68.2 Å². The van der Waals surface area contributed by atoms with E-state index >= 15 is 8.78 Å². The van der Waals surface area contributed by atoms with Gasteiger partial charge in [-0.05, 0) is 80.5 Å². The molecular weight excluding hydrogens is 634 g/mol. The van der Waals surface area contributed by atoms with Crippen LogP contribution in [-0.2, 0) is 4.74 Å². The van der Waals surface area contributed by atoms with Crippen molar-refractivity contribution >= 4 is 11.4 Å². The van der Waals surface area contributed by atoms with Crippen LogP contribution in [0.15, 0.2) is 96.0 Å². The fourth-order valence-electron chi connectivity index (χ4n) is 6.14. The van der Waals surface area contributed by atoms with Crippen molar-refractivity contribution in [1.82, 2.24) is 9.88 Å². The molecule has 0 unspecified atom stereocenters. The zero-order valence-corrected chi connectivity index (χ0v) is 27.7. The summed E-state index contributed by atoms with van der Waals surface area (Å²) in [7, 11) is 1.45. The fraction of sp³-hybridized carbons (Fsp3) is 0.308. The second-order valence-electron chi connectivity index (χ2n) is 11.9. The van der Waals surface area contributed by atoms with E-state index in [0.29, 0.717) is 19.0 Å². The van der Waals surface area contributed by atoms with Crippen LogP contribution >= 0.6 is 0 Å². The summed E-state index contributed by atoms with van der Waals surface area (Å²) in [4.78, 5) is 13.0. The molecular formula is C39H41F4N3O3. The predicted octanol–water partition coefficient (Wildman–Crippen LogP) is 8.85. The Morgan fingerprint density at radius 1 is 0.959 bits per heavy atom. The topological polar surface area (TPSA) is 64.5 Å². The van der Waals surface area contributed by atoms with Crippen molar-refractivity contribution in [1.29, 1.82) is 0 Å². The van der Waals surface area contributed by atoms with Gasteiger partial charge in [0.05, 0.1) is 18.8 Å². The Labute approximate surface area is 284 Å². The Morgan fingerprint density at radius 2 is 1.65 bits per heavy atom. The van der Waals surface area contributed by atoms with Crippen LogP contribution in [0.5, 0.6) is 5.75 Å². The Balaban J connectivity index is 1.29. The fourth-order valence-corrected chi connectivity index (χ4v) is 6.14. The first-order valence-corrected chi connectivity index (χ1v) is 16.6. The van der Waals surface area contributed by atoms with E-state index in [4.69, 9.17) is 9.47 Å². The Bertz CT molecular complexity index is 1830. The van der Waals surface area contributed by atoms with Crippen molar-refractivity contribution in [2.24, 2.45) is 0 Å². The summed E-state index contributed by atoms with van der Waals surface area (Å²) in [5, 5.41) is 6.35. The van der Waals surface area contributed by atoms with Gasteiger partial charge in [-0.2, -0.15) is 0 Å². The number of hydrogen-bond acceptors (Lipinski definition) is 5. The normalized spacial score (nSPS) is 14.1. The summed E-state index contributed by atoms with van der Waals surface area (Å²) in [6, 6.07) is 17.4. The van der Waals surface area contributed by atoms with E-state index in [1.54, 1.807) is 0 Å². The summed E-state index contributed by atoms with van der Waals surface area (Å²) in [5.41, 5.74) is -0.0514. The third-order valence-electron chi connectivity index (χ3n) is 8.49. The third kappa shape index (κ3) is 8.43. The number of pyridine rings is 1. The molecule has 0 amide bonds. The molecule has 6 nitrogen and oxygen atoms in total. The molecule has 0 aliphatic heterocycles. The van der Waals surface area contributed by atoms with Crippen molar-refractivity contribution in [2.75, 3.05) is 25.5 Å². The van der Waals surface area contributed by atoms with Crippen LogP contribution < -0.4 is 20.9 Å². The van der Waals surface area contributed by atoms with Gasteiger partial charge in [0.15, 0.2) is 11.6 Å². The van der Waals surface area contributed by atoms with E-state index in [9.17, 15) is 13.6 Å². The second-order valence-corrected chi connectivity index (χ2v) is 11.9. The standard InChI is InChI=1S/C39H41F4N3O3/c1-4-11-35(49-28-14-8-9-15-28)37(26-12-6-5-7-13-26)45-20-10-21-48-29-23-33(42)38(34(43)24-29)46-36(47)19-18-31(39(46)44-3)25(2)30-17-16-27(40)22-32(30)41/h5-7,11-13,16-19,22-24,28,37,44-45H,2,4,8-10,14-15,20-21H2,1,3H3/b35-11+/t37-/m0/s1. The van der Waals surface area contributed by atoms with Gasteiger partial charge in [0.1, 0.15) is 34.6 Å². The number of benzene rings is 3. The number of halogens is 4. The largest absolute Gasteiger partial charge is 0.493 e. The van der Waals surface area contributed by atoms with Crippen LogP contribution in [0.2, 0.25) is 0 Å². The van der Waals surface area contributed by atoms with Gasteiger partial charge in [0, 0.05) is 42.4 Å². The molecule has 1 heterocycles. The Hall–Kier alpha value is -4.83. The SMILES string of the molecule is C=C(c1ccc(F)cc1F)c1ccc(=O)n(-c2c(F)cc(OCCCN[C@H](/C(=C\CC)OC3CCCC3)c3ccccc3)cc2F)c1NC. The van der Waals surface area contributed by atoms with Gasteiger partial charge in [-0.25, -0.2) is 17.6 Å². The zero-order chi connectivity index (χ0) is 34.9.